The number of aliphatic hydroxyl groups excluding tert-OH is 2. The number of hydrogen-bond acceptors (Lipinski definition) is 2. The van der Waals surface area contributed by atoms with E-state index in [0.717, 1.165) is 11.1 Å². The zero-order valence-electron chi connectivity index (χ0n) is 11.2. The molecule has 0 saturated carbocycles. The maximum Gasteiger partial charge on any atom is 0.109 e. The van der Waals surface area contributed by atoms with Crippen molar-refractivity contribution >= 4 is 12.2 Å². The van der Waals surface area contributed by atoms with Crippen molar-refractivity contribution in [1.82, 2.24) is 0 Å². The molecule has 0 radical (unpaired) electrons. The van der Waals surface area contributed by atoms with Gasteiger partial charge in [0.2, 0.25) is 0 Å². The zero-order chi connectivity index (χ0) is 14.5. The summed E-state index contributed by atoms with van der Waals surface area (Å²) in [4.78, 5) is 0. The summed E-state index contributed by atoms with van der Waals surface area (Å²) < 4.78 is 0. The van der Waals surface area contributed by atoms with E-state index in [1.54, 1.807) is 36.4 Å². The minimum absolute atomic E-state index is 0.677. The largest absolute Gasteiger partial charge is 0.385 e. The lowest BCUT2D eigenvalue weighted by molar-refractivity contribution is 0.0172. The van der Waals surface area contributed by atoms with E-state index in [1.165, 1.54) is 0 Å². The van der Waals surface area contributed by atoms with Gasteiger partial charge in [0.15, 0.2) is 0 Å². The van der Waals surface area contributed by atoms with Crippen LogP contribution in [0.1, 0.15) is 34.5 Å². The summed E-state index contributed by atoms with van der Waals surface area (Å²) in [5.74, 6) is 0. The summed E-state index contributed by atoms with van der Waals surface area (Å²) in [6.45, 7) is 7.37. The quantitative estimate of drug-likeness (QED) is 0.865. The van der Waals surface area contributed by atoms with E-state index in [2.05, 4.69) is 13.2 Å². The first-order valence-corrected chi connectivity index (χ1v) is 6.46. The first kappa shape index (κ1) is 14.3. The Morgan fingerprint density at radius 2 is 0.950 bits per heavy atom. The highest BCUT2D eigenvalue weighted by molar-refractivity contribution is 5.48. The first-order valence-electron chi connectivity index (χ1n) is 6.46. The second kappa shape index (κ2) is 6.33. The Labute approximate surface area is 119 Å². The molecule has 2 N–H and O–H groups in total. The molecule has 0 unspecified atom stereocenters. The third kappa shape index (κ3) is 3.05. The van der Waals surface area contributed by atoms with Crippen LogP contribution < -0.4 is 0 Å². The molecule has 0 aliphatic heterocycles. The van der Waals surface area contributed by atoms with Crippen LogP contribution in [-0.2, 0) is 0 Å². The molecular formula is C18H18O2. The first-order chi connectivity index (χ1) is 9.65. The molecule has 2 aromatic rings. The Balaban J connectivity index is 2.19. The van der Waals surface area contributed by atoms with Gasteiger partial charge in [-0.15, -0.1) is 0 Å². The fraction of sp³-hybridized carbons (Fsp3) is 0.111. The Hall–Kier alpha value is -2.16. The van der Waals surface area contributed by atoms with Gasteiger partial charge < -0.3 is 10.2 Å². The summed E-state index contributed by atoms with van der Waals surface area (Å²) in [5, 5.41) is 20.5. The average Bonchev–Trinajstić information content (AvgIpc) is 2.53. The average molecular weight is 266 g/mol. The lowest BCUT2D eigenvalue weighted by Crippen LogP contribution is -2.10. The van der Waals surface area contributed by atoms with E-state index in [4.69, 9.17) is 0 Å². The second-order valence-electron chi connectivity index (χ2n) is 4.63. The third-order valence-electron chi connectivity index (χ3n) is 3.33. The topological polar surface area (TPSA) is 40.5 Å². The number of benzene rings is 2. The molecule has 2 heteroatoms. The predicted molar refractivity (Wildman–Crippen MR) is 83.0 cm³/mol. The molecule has 0 aliphatic rings. The molecule has 0 fully saturated rings. The monoisotopic (exact) mass is 266 g/mol. The van der Waals surface area contributed by atoms with Crippen molar-refractivity contribution in [3.63, 3.8) is 0 Å². The molecule has 0 spiro atoms. The summed E-state index contributed by atoms with van der Waals surface area (Å²) >= 11 is 0. The van der Waals surface area contributed by atoms with Gasteiger partial charge in [-0.2, -0.15) is 0 Å². The van der Waals surface area contributed by atoms with Crippen molar-refractivity contribution in [1.29, 1.82) is 0 Å². The molecule has 102 valence electrons. The Morgan fingerprint density at radius 3 is 1.20 bits per heavy atom. The molecule has 20 heavy (non-hydrogen) atoms. The molecule has 2 rings (SSSR count). The van der Waals surface area contributed by atoms with Crippen LogP contribution in [-0.4, -0.2) is 10.2 Å². The zero-order valence-corrected chi connectivity index (χ0v) is 11.2. The van der Waals surface area contributed by atoms with Crippen LogP contribution >= 0.6 is 0 Å². The third-order valence-corrected chi connectivity index (χ3v) is 3.33. The van der Waals surface area contributed by atoms with Crippen LogP contribution in [0.25, 0.3) is 12.2 Å². The fourth-order valence-electron chi connectivity index (χ4n) is 2.02. The van der Waals surface area contributed by atoms with Crippen molar-refractivity contribution in [3.8, 4) is 0 Å². The molecule has 2 nitrogen and oxygen atoms in total. The van der Waals surface area contributed by atoms with Gasteiger partial charge in [0.1, 0.15) is 12.2 Å². The standard InChI is InChI=1S/C18H18O2/c1-3-13-5-9-15(10-6-13)17(19)18(20)16-11-7-14(4-2)8-12-16/h3-12,17-20H,1-2H2/t17-,18-/m1/s1. The lowest BCUT2D eigenvalue weighted by atomic mass is 9.97. The van der Waals surface area contributed by atoms with Gasteiger partial charge in [0.05, 0.1) is 0 Å². The molecule has 0 saturated heterocycles. The van der Waals surface area contributed by atoms with E-state index >= 15 is 0 Å². The highest BCUT2D eigenvalue weighted by Crippen LogP contribution is 2.29. The Morgan fingerprint density at radius 1 is 0.650 bits per heavy atom. The van der Waals surface area contributed by atoms with Crippen molar-refractivity contribution in [2.75, 3.05) is 0 Å². The lowest BCUT2D eigenvalue weighted by Gasteiger charge is -2.19. The molecule has 0 amide bonds. The molecule has 0 aromatic heterocycles. The van der Waals surface area contributed by atoms with E-state index < -0.39 is 12.2 Å². The SMILES string of the molecule is C=Cc1ccc([C@@H](O)[C@H](O)c2ccc(C=C)cc2)cc1. The van der Waals surface area contributed by atoms with Gasteiger partial charge in [-0.3, -0.25) is 0 Å². The van der Waals surface area contributed by atoms with Gasteiger partial charge in [-0.05, 0) is 22.3 Å². The van der Waals surface area contributed by atoms with Crippen LogP contribution in [0.5, 0.6) is 0 Å². The van der Waals surface area contributed by atoms with Gasteiger partial charge in [0, 0.05) is 0 Å². The van der Waals surface area contributed by atoms with Gasteiger partial charge in [-0.1, -0.05) is 73.8 Å². The second-order valence-corrected chi connectivity index (χ2v) is 4.63. The number of aliphatic hydroxyl groups is 2. The smallest absolute Gasteiger partial charge is 0.109 e. The van der Waals surface area contributed by atoms with Crippen molar-refractivity contribution in [2.45, 2.75) is 12.2 Å². The minimum atomic E-state index is -0.955. The van der Waals surface area contributed by atoms with Crippen molar-refractivity contribution < 1.29 is 10.2 Å². The molecule has 2 atom stereocenters. The predicted octanol–water partition coefficient (Wildman–Crippen LogP) is 3.74. The molecular weight excluding hydrogens is 248 g/mol. The number of hydrogen-bond donors (Lipinski definition) is 2. The van der Waals surface area contributed by atoms with Crippen LogP contribution in [0, 0.1) is 0 Å². The molecule has 0 aliphatic carbocycles. The van der Waals surface area contributed by atoms with Gasteiger partial charge in [-0.25, -0.2) is 0 Å². The molecule has 0 bridgehead atoms. The van der Waals surface area contributed by atoms with E-state index in [1.807, 2.05) is 24.3 Å². The van der Waals surface area contributed by atoms with E-state index in [0.29, 0.717) is 11.1 Å². The molecule has 2 aromatic carbocycles. The summed E-state index contributed by atoms with van der Waals surface area (Å²) in [6.07, 6.45) is 1.56. The number of rotatable bonds is 5. The summed E-state index contributed by atoms with van der Waals surface area (Å²) in [5.41, 5.74) is 3.31. The minimum Gasteiger partial charge on any atom is -0.385 e. The Bertz CT molecular complexity index is 526. The maximum atomic E-state index is 10.2. The highest BCUT2D eigenvalue weighted by atomic mass is 16.3. The van der Waals surface area contributed by atoms with Crippen LogP contribution in [0.15, 0.2) is 61.7 Å². The van der Waals surface area contributed by atoms with Crippen LogP contribution in [0.3, 0.4) is 0 Å². The normalized spacial score (nSPS) is 13.5. The fourth-order valence-corrected chi connectivity index (χ4v) is 2.02. The summed E-state index contributed by atoms with van der Waals surface area (Å²) in [7, 11) is 0. The van der Waals surface area contributed by atoms with Crippen molar-refractivity contribution in [2.24, 2.45) is 0 Å². The Kier molecular flexibility index (Phi) is 4.51. The van der Waals surface area contributed by atoms with Crippen LogP contribution in [0.4, 0.5) is 0 Å². The van der Waals surface area contributed by atoms with E-state index in [9.17, 15) is 10.2 Å². The van der Waals surface area contributed by atoms with Crippen LogP contribution in [0.2, 0.25) is 0 Å². The molecule has 0 heterocycles. The van der Waals surface area contributed by atoms with Crippen molar-refractivity contribution in [3.05, 3.63) is 83.9 Å². The van der Waals surface area contributed by atoms with E-state index in [-0.39, 0.29) is 0 Å². The van der Waals surface area contributed by atoms with Gasteiger partial charge in [0.25, 0.3) is 0 Å². The highest BCUT2D eigenvalue weighted by Gasteiger charge is 2.19. The maximum absolute atomic E-state index is 10.2. The van der Waals surface area contributed by atoms with Gasteiger partial charge >= 0.3 is 0 Å². The summed E-state index contributed by atoms with van der Waals surface area (Å²) in [6, 6.07) is 14.6.